The normalized spacial score (nSPS) is 29.7. The Morgan fingerprint density at radius 3 is 2.68 bits per heavy atom. The van der Waals surface area contributed by atoms with Crippen molar-refractivity contribution in [2.24, 2.45) is 0 Å². The number of fused-ring (bicyclic) bond motifs is 2. The minimum absolute atomic E-state index is 0.165. The van der Waals surface area contributed by atoms with Gasteiger partial charge in [-0.3, -0.25) is 4.55 Å². The van der Waals surface area contributed by atoms with Crippen molar-refractivity contribution in [2.45, 2.75) is 50.1 Å². The molecule has 11 heteroatoms. The van der Waals surface area contributed by atoms with E-state index >= 15 is 0 Å². The van der Waals surface area contributed by atoms with Crippen molar-refractivity contribution < 1.29 is 26.5 Å². The number of aromatic nitrogens is 2. The Bertz CT molecular complexity index is 821. The van der Waals surface area contributed by atoms with E-state index < -0.39 is 28.5 Å². The molecule has 2 amide bonds. The number of allylic oxidation sites excluding steroid dienone is 1. The Hall–Kier alpha value is -1.98. The molecule has 1 aliphatic carbocycles. The molecule has 0 spiro atoms. The maximum Gasteiger partial charge on any atom is 0.418 e. The molecule has 3 fully saturated rings. The second-order valence-corrected chi connectivity index (χ2v) is 7.68. The van der Waals surface area contributed by atoms with E-state index in [0.717, 1.165) is 24.8 Å². The fraction of sp³-hybridized carbons (Fsp3) is 0.643. The topological polar surface area (TPSA) is 126 Å². The van der Waals surface area contributed by atoms with Crippen LogP contribution in [0.15, 0.2) is 16.6 Å². The summed E-state index contributed by atoms with van der Waals surface area (Å²) >= 11 is 0. The molecule has 1 aromatic heterocycles. The summed E-state index contributed by atoms with van der Waals surface area (Å²) < 4.78 is 40.9. The lowest BCUT2D eigenvalue weighted by molar-refractivity contribution is -0.0317. The lowest BCUT2D eigenvalue weighted by Gasteiger charge is -2.27. The molecule has 1 unspecified atom stereocenters. The number of hydrogen-bond donors (Lipinski definition) is 1. The minimum atomic E-state index is -4.75. The number of nitrogens with zero attached hydrogens (tertiary/aromatic N) is 4. The molecule has 136 valence electrons. The van der Waals surface area contributed by atoms with E-state index in [1.165, 1.54) is 4.90 Å². The van der Waals surface area contributed by atoms with Crippen molar-refractivity contribution in [1.29, 1.82) is 0 Å². The van der Waals surface area contributed by atoms with Crippen LogP contribution in [0.1, 0.15) is 55.8 Å². The van der Waals surface area contributed by atoms with Gasteiger partial charge in [-0.25, -0.2) is 4.79 Å². The third-order valence-electron chi connectivity index (χ3n) is 4.97. The summed E-state index contributed by atoms with van der Waals surface area (Å²) in [6.07, 6.45) is 3.74. The van der Waals surface area contributed by atoms with Crippen molar-refractivity contribution >= 4 is 16.4 Å². The second-order valence-electron chi connectivity index (χ2n) is 6.68. The van der Waals surface area contributed by atoms with Gasteiger partial charge in [0.1, 0.15) is 6.04 Å². The minimum Gasteiger partial charge on any atom is -0.423 e. The number of rotatable bonds is 4. The molecule has 25 heavy (non-hydrogen) atoms. The summed E-state index contributed by atoms with van der Waals surface area (Å²) in [6.45, 7) is 4.25. The highest BCUT2D eigenvalue weighted by atomic mass is 32.3. The van der Waals surface area contributed by atoms with Gasteiger partial charge in [0.2, 0.25) is 11.8 Å². The first-order valence-electron chi connectivity index (χ1n) is 8.08. The maximum absolute atomic E-state index is 12.4. The molecule has 1 saturated carbocycles. The summed E-state index contributed by atoms with van der Waals surface area (Å²) in [5.74, 6) is 1.06. The SMILES string of the molecule is C=C1CCC(c2nnc([C@@H]3CC[C@@H]4CN3C(=O)N4OS(=O)(=O)O)o2)C1. The van der Waals surface area contributed by atoms with Crippen LogP contribution in [0.25, 0.3) is 0 Å². The number of carbonyl (C=O) groups excluding carboxylic acids is 1. The van der Waals surface area contributed by atoms with Crippen LogP contribution < -0.4 is 0 Å². The zero-order valence-corrected chi connectivity index (χ0v) is 14.2. The summed E-state index contributed by atoms with van der Waals surface area (Å²) in [5, 5.41) is 8.91. The van der Waals surface area contributed by atoms with E-state index in [4.69, 9.17) is 8.97 Å². The maximum atomic E-state index is 12.4. The molecular formula is C14H18N4O6S. The van der Waals surface area contributed by atoms with E-state index in [-0.39, 0.29) is 12.5 Å². The molecule has 2 bridgehead atoms. The molecule has 0 aromatic carbocycles. The Balaban J connectivity index is 1.52. The zero-order chi connectivity index (χ0) is 17.8. The summed E-state index contributed by atoms with van der Waals surface area (Å²) in [5.41, 5.74) is 1.16. The molecule has 3 heterocycles. The van der Waals surface area contributed by atoms with Crippen molar-refractivity contribution in [2.75, 3.05) is 6.54 Å². The summed E-state index contributed by atoms with van der Waals surface area (Å²) in [6, 6.07) is -1.50. The van der Waals surface area contributed by atoms with Crippen LogP contribution in [0, 0.1) is 0 Å². The molecule has 3 aliphatic rings. The van der Waals surface area contributed by atoms with Gasteiger partial charge in [0.25, 0.3) is 0 Å². The van der Waals surface area contributed by atoms with Gasteiger partial charge in [-0.2, -0.15) is 13.5 Å². The monoisotopic (exact) mass is 370 g/mol. The summed E-state index contributed by atoms with van der Waals surface area (Å²) in [7, 11) is -4.75. The van der Waals surface area contributed by atoms with Crippen molar-refractivity contribution in [3.8, 4) is 0 Å². The fourth-order valence-electron chi connectivity index (χ4n) is 3.78. The second kappa shape index (κ2) is 5.78. The lowest BCUT2D eigenvalue weighted by atomic mass is 10.0. The van der Waals surface area contributed by atoms with Crippen molar-refractivity contribution in [1.82, 2.24) is 20.2 Å². The average molecular weight is 370 g/mol. The Morgan fingerprint density at radius 1 is 1.24 bits per heavy atom. The van der Waals surface area contributed by atoms with Crippen LogP contribution in [0.2, 0.25) is 0 Å². The van der Waals surface area contributed by atoms with Crippen LogP contribution in [0.3, 0.4) is 0 Å². The Kier molecular flexibility index (Phi) is 3.81. The number of amides is 2. The molecule has 10 nitrogen and oxygen atoms in total. The first kappa shape index (κ1) is 16.5. The highest BCUT2D eigenvalue weighted by Crippen LogP contribution is 2.40. The van der Waals surface area contributed by atoms with Gasteiger partial charge in [0.15, 0.2) is 0 Å². The van der Waals surface area contributed by atoms with Crippen LogP contribution in [-0.2, 0) is 14.7 Å². The number of urea groups is 1. The fourth-order valence-corrected chi connectivity index (χ4v) is 4.16. The Labute approximate surface area is 144 Å². The van der Waals surface area contributed by atoms with E-state index in [0.29, 0.717) is 29.7 Å². The van der Waals surface area contributed by atoms with Crippen molar-refractivity contribution in [3.05, 3.63) is 23.9 Å². The molecule has 0 radical (unpaired) electrons. The third-order valence-corrected chi connectivity index (χ3v) is 5.32. The highest BCUT2D eigenvalue weighted by Gasteiger charge is 2.49. The van der Waals surface area contributed by atoms with Crippen LogP contribution in [0.5, 0.6) is 0 Å². The van der Waals surface area contributed by atoms with Gasteiger partial charge in [-0.1, -0.05) is 12.2 Å². The number of piperidine rings is 1. The third kappa shape index (κ3) is 3.02. The van der Waals surface area contributed by atoms with Crippen LogP contribution >= 0.6 is 0 Å². The summed E-state index contributed by atoms with van der Waals surface area (Å²) in [4.78, 5) is 13.8. The van der Waals surface area contributed by atoms with Gasteiger partial charge in [0, 0.05) is 12.5 Å². The van der Waals surface area contributed by atoms with E-state index in [1.807, 2.05) is 0 Å². The highest BCUT2D eigenvalue weighted by molar-refractivity contribution is 7.80. The van der Waals surface area contributed by atoms with Gasteiger partial charge in [-0.15, -0.1) is 14.5 Å². The predicted octanol–water partition coefficient (Wildman–Crippen LogP) is 1.57. The largest absolute Gasteiger partial charge is 0.423 e. The molecule has 4 rings (SSSR count). The smallest absolute Gasteiger partial charge is 0.418 e. The lowest BCUT2D eigenvalue weighted by Crippen LogP contribution is -2.35. The molecular weight excluding hydrogens is 352 g/mol. The first-order chi connectivity index (χ1) is 11.8. The van der Waals surface area contributed by atoms with Gasteiger partial charge in [-0.05, 0) is 32.1 Å². The van der Waals surface area contributed by atoms with E-state index in [1.54, 1.807) is 0 Å². The van der Waals surface area contributed by atoms with Gasteiger partial charge in [0.05, 0.1) is 6.04 Å². The first-order valence-corrected chi connectivity index (χ1v) is 9.45. The van der Waals surface area contributed by atoms with Crippen molar-refractivity contribution in [3.63, 3.8) is 0 Å². The number of carbonyl (C=O) groups is 1. The standard InChI is InChI=1S/C14H18N4O6S/c1-8-2-3-9(6-8)12-15-16-13(23-12)11-5-4-10-7-17(11)14(19)18(10)24-25(20,21)22/h9-11H,1-7H2,(H,20,21,22)/t9?,10-,11+/m1/s1. The van der Waals surface area contributed by atoms with E-state index in [9.17, 15) is 13.2 Å². The zero-order valence-electron chi connectivity index (χ0n) is 13.4. The Morgan fingerprint density at radius 2 is 2.00 bits per heavy atom. The predicted molar refractivity (Wildman–Crippen MR) is 82.4 cm³/mol. The van der Waals surface area contributed by atoms with Gasteiger partial charge >= 0.3 is 16.4 Å². The molecule has 1 aromatic rings. The van der Waals surface area contributed by atoms with E-state index in [2.05, 4.69) is 21.1 Å². The quantitative estimate of drug-likeness (QED) is 0.625. The number of hydrogen-bond acceptors (Lipinski definition) is 7. The molecule has 3 atom stereocenters. The molecule has 2 saturated heterocycles. The average Bonchev–Trinajstić information content (AvgIpc) is 3.23. The van der Waals surface area contributed by atoms with Crippen LogP contribution in [-0.4, -0.2) is 51.7 Å². The molecule has 1 N–H and O–H groups in total. The van der Waals surface area contributed by atoms with Gasteiger partial charge < -0.3 is 9.32 Å². The van der Waals surface area contributed by atoms with Crippen LogP contribution in [0.4, 0.5) is 4.79 Å². The number of hydroxylamine groups is 2. The molecule has 2 aliphatic heterocycles.